The predicted molar refractivity (Wildman–Crippen MR) is 71.6 cm³/mol. The first kappa shape index (κ1) is 13.1. The summed E-state index contributed by atoms with van der Waals surface area (Å²) in [5.74, 6) is 0. The first-order chi connectivity index (χ1) is 8.85. The third-order valence-corrected chi connectivity index (χ3v) is 3.06. The number of hydrogen-bond acceptors (Lipinski definition) is 4. The van der Waals surface area contributed by atoms with Gasteiger partial charge in [-0.1, -0.05) is 12.1 Å². The van der Waals surface area contributed by atoms with Gasteiger partial charge in [0, 0.05) is 20.8 Å². The molecule has 0 radical (unpaired) electrons. The molecule has 0 bridgehead atoms. The molecule has 98 valence electrons. The Hall–Kier alpha value is -1.39. The second kappa shape index (κ2) is 6.52. The van der Waals surface area contributed by atoms with Crippen molar-refractivity contribution >= 4 is 5.71 Å². The lowest BCUT2D eigenvalue weighted by Crippen LogP contribution is -2.20. The lowest BCUT2D eigenvalue weighted by molar-refractivity contribution is 0.168. The molecule has 0 aromatic heterocycles. The van der Waals surface area contributed by atoms with Gasteiger partial charge in [-0.3, -0.25) is 0 Å². The van der Waals surface area contributed by atoms with Crippen LogP contribution in [-0.4, -0.2) is 26.5 Å². The van der Waals surface area contributed by atoms with E-state index in [1.165, 1.54) is 16.7 Å². The zero-order chi connectivity index (χ0) is 12.8. The van der Waals surface area contributed by atoms with Crippen LogP contribution >= 0.6 is 0 Å². The minimum absolute atomic E-state index is 0.604. The monoisotopic (exact) mass is 248 g/mol. The predicted octanol–water partition coefficient (Wildman–Crippen LogP) is 2.07. The Kier molecular flexibility index (Phi) is 4.73. The van der Waals surface area contributed by atoms with E-state index in [1.807, 2.05) is 0 Å². The molecule has 4 nitrogen and oxygen atoms in total. The number of nitrogens with zero attached hydrogens (tertiary/aromatic N) is 1. The van der Waals surface area contributed by atoms with E-state index in [9.17, 15) is 0 Å². The highest BCUT2D eigenvalue weighted by Gasteiger charge is 2.10. The lowest BCUT2D eigenvalue weighted by atomic mass is 9.99. The number of nitrogens with one attached hydrogen (secondary N) is 1. The van der Waals surface area contributed by atoms with Crippen molar-refractivity contribution in [1.29, 1.82) is 0 Å². The molecule has 1 aliphatic rings. The van der Waals surface area contributed by atoms with Gasteiger partial charge in [0.1, 0.15) is 0 Å². The maximum atomic E-state index is 5.25. The maximum absolute atomic E-state index is 5.25. The Balaban J connectivity index is 2.26. The first-order valence-corrected chi connectivity index (χ1v) is 6.24. The van der Waals surface area contributed by atoms with Crippen LogP contribution in [0.4, 0.5) is 0 Å². The molecule has 0 aliphatic carbocycles. The molecule has 1 heterocycles. The third-order valence-electron chi connectivity index (χ3n) is 3.06. The molecular formula is C14H20N2O2. The van der Waals surface area contributed by atoms with E-state index >= 15 is 0 Å². The number of methoxy groups -OCH3 is 2. The molecule has 0 spiro atoms. The van der Waals surface area contributed by atoms with Crippen molar-refractivity contribution in [1.82, 2.24) is 5.43 Å². The molecule has 0 fully saturated rings. The van der Waals surface area contributed by atoms with Gasteiger partial charge in [-0.2, -0.15) is 5.10 Å². The highest BCUT2D eigenvalue weighted by Crippen LogP contribution is 2.17. The summed E-state index contributed by atoms with van der Waals surface area (Å²) in [5, 5.41) is 4.37. The van der Waals surface area contributed by atoms with Crippen molar-refractivity contribution in [2.45, 2.75) is 26.1 Å². The molecule has 2 rings (SSSR count). The SMILES string of the molecule is COCc1ccc(C2=NNCCC2)cc1COC. The van der Waals surface area contributed by atoms with Crippen LogP contribution in [0.3, 0.4) is 0 Å². The van der Waals surface area contributed by atoms with E-state index in [2.05, 4.69) is 28.7 Å². The van der Waals surface area contributed by atoms with Gasteiger partial charge in [-0.25, -0.2) is 0 Å². The number of benzene rings is 1. The van der Waals surface area contributed by atoms with E-state index in [4.69, 9.17) is 9.47 Å². The van der Waals surface area contributed by atoms with Crippen molar-refractivity contribution in [3.05, 3.63) is 34.9 Å². The molecule has 0 unspecified atom stereocenters. The second-order valence-corrected chi connectivity index (χ2v) is 4.42. The Morgan fingerprint density at radius 1 is 1.17 bits per heavy atom. The van der Waals surface area contributed by atoms with Gasteiger partial charge in [0.2, 0.25) is 0 Å². The van der Waals surface area contributed by atoms with Crippen LogP contribution < -0.4 is 5.43 Å². The summed E-state index contributed by atoms with van der Waals surface area (Å²) < 4.78 is 10.4. The van der Waals surface area contributed by atoms with Crippen LogP contribution in [0.2, 0.25) is 0 Å². The van der Waals surface area contributed by atoms with Crippen LogP contribution in [0.5, 0.6) is 0 Å². The van der Waals surface area contributed by atoms with Crippen molar-refractivity contribution in [2.24, 2.45) is 5.10 Å². The molecule has 18 heavy (non-hydrogen) atoms. The minimum atomic E-state index is 0.604. The number of ether oxygens (including phenoxy) is 2. The second-order valence-electron chi connectivity index (χ2n) is 4.42. The zero-order valence-electron chi connectivity index (χ0n) is 11.0. The van der Waals surface area contributed by atoms with Crippen LogP contribution in [0, 0.1) is 0 Å². The third kappa shape index (κ3) is 3.09. The number of hydrogen-bond donors (Lipinski definition) is 1. The van der Waals surface area contributed by atoms with Gasteiger partial charge in [0.25, 0.3) is 0 Å². The van der Waals surface area contributed by atoms with Gasteiger partial charge >= 0.3 is 0 Å². The van der Waals surface area contributed by atoms with E-state index in [1.54, 1.807) is 14.2 Å². The van der Waals surface area contributed by atoms with Crippen molar-refractivity contribution in [3.8, 4) is 0 Å². The summed E-state index contributed by atoms with van der Waals surface area (Å²) in [4.78, 5) is 0. The molecular weight excluding hydrogens is 228 g/mol. The fourth-order valence-electron chi connectivity index (χ4n) is 2.14. The highest BCUT2D eigenvalue weighted by molar-refractivity contribution is 6.00. The number of rotatable bonds is 5. The Labute approximate surface area is 108 Å². The first-order valence-electron chi connectivity index (χ1n) is 6.24. The average molecular weight is 248 g/mol. The molecule has 0 amide bonds. The van der Waals surface area contributed by atoms with Crippen molar-refractivity contribution in [2.75, 3.05) is 20.8 Å². The molecule has 1 aliphatic heterocycles. The van der Waals surface area contributed by atoms with Crippen molar-refractivity contribution < 1.29 is 9.47 Å². The van der Waals surface area contributed by atoms with Gasteiger partial charge < -0.3 is 14.9 Å². The van der Waals surface area contributed by atoms with Crippen LogP contribution in [0.15, 0.2) is 23.3 Å². The molecule has 0 atom stereocenters. The van der Waals surface area contributed by atoms with Crippen molar-refractivity contribution in [3.63, 3.8) is 0 Å². The Morgan fingerprint density at radius 3 is 2.61 bits per heavy atom. The maximum Gasteiger partial charge on any atom is 0.0716 e. The molecule has 1 aromatic rings. The van der Waals surface area contributed by atoms with E-state index in [-0.39, 0.29) is 0 Å². The summed E-state index contributed by atoms with van der Waals surface area (Å²) in [6, 6.07) is 6.37. The summed E-state index contributed by atoms with van der Waals surface area (Å²) in [6.07, 6.45) is 2.17. The smallest absolute Gasteiger partial charge is 0.0716 e. The van der Waals surface area contributed by atoms with Gasteiger partial charge in [-0.05, 0) is 35.6 Å². The highest BCUT2D eigenvalue weighted by atomic mass is 16.5. The van der Waals surface area contributed by atoms with Gasteiger partial charge in [0.15, 0.2) is 0 Å². The molecule has 1 N–H and O–H groups in total. The van der Waals surface area contributed by atoms with Crippen LogP contribution in [0.1, 0.15) is 29.5 Å². The standard InChI is InChI=1S/C14H20N2O2/c1-17-9-12-6-5-11(8-13(12)10-18-2)14-4-3-7-15-16-14/h5-6,8,15H,3-4,7,9-10H2,1-2H3. The summed E-state index contributed by atoms with van der Waals surface area (Å²) in [6.45, 7) is 2.19. The van der Waals surface area contributed by atoms with Crippen LogP contribution in [0.25, 0.3) is 0 Å². The Morgan fingerprint density at radius 2 is 1.94 bits per heavy atom. The Bertz CT molecular complexity index is 430. The fraction of sp³-hybridized carbons (Fsp3) is 0.500. The summed E-state index contributed by atoms with van der Waals surface area (Å²) >= 11 is 0. The van der Waals surface area contributed by atoms with Crippen LogP contribution in [-0.2, 0) is 22.7 Å². The normalized spacial score (nSPS) is 15.1. The van der Waals surface area contributed by atoms with E-state index < -0.39 is 0 Å². The topological polar surface area (TPSA) is 42.8 Å². The summed E-state index contributed by atoms with van der Waals surface area (Å²) in [5.41, 5.74) is 7.70. The summed E-state index contributed by atoms with van der Waals surface area (Å²) in [7, 11) is 3.42. The zero-order valence-corrected chi connectivity index (χ0v) is 11.0. The average Bonchev–Trinajstić information content (AvgIpc) is 2.42. The van der Waals surface area contributed by atoms with E-state index in [0.717, 1.165) is 25.1 Å². The van der Waals surface area contributed by atoms with Gasteiger partial charge in [-0.15, -0.1) is 0 Å². The molecule has 4 heteroatoms. The molecule has 1 aromatic carbocycles. The number of hydrazone groups is 1. The largest absolute Gasteiger partial charge is 0.380 e. The van der Waals surface area contributed by atoms with E-state index in [0.29, 0.717) is 13.2 Å². The minimum Gasteiger partial charge on any atom is -0.380 e. The molecule has 0 saturated carbocycles. The quantitative estimate of drug-likeness (QED) is 0.867. The molecule has 0 saturated heterocycles. The lowest BCUT2D eigenvalue weighted by Gasteiger charge is -2.15. The fourth-order valence-corrected chi connectivity index (χ4v) is 2.14. The van der Waals surface area contributed by atoms with Gasteiger partial charge in [0.05, 0.1) is 18.9 Å².